The Kier molecular flexibility index (Phi) is 9.70. The van der Waals surface area contributed by atoms with Crippen molar-refractivity contribution in [2.45, 2.75) is 58.3 Å². The molecule has 1 aromatic rings. The zero-order chi connectivity index (χ0) is 21.1. The highest BCUT2D eigenvalue weighted by atomic mass is 16.5. The third kappa shape index (κ3) is 7.02. The summed E-state index contributed by atoms with van der Waals surface area (Å²) in [6.07, 6.45) is 8.39. The van der Waals surface area contributed by atoms with E-state index in [4.69, 9.17) is 14.9 Å². The standard InChI is InChI=1S/C20H26O8/c1-2-3-4-5-6-7-8-9-10-28-20(27)16-12-14(18(23)24)13(17(21)22)11-15(16)19(25)26/h11-12H,2-10H2,1H3,(H,21,22)(H,23,24)(H,25,26). The van der Waals surface area contributed by atoms with Crippen LogP contribution in [0.1, 0.15) is 99.7 Å². The number of carboxylic acid groups (broad SMARTS) is 3. The lowest BCUT2D eigenvalue weighted by molar-refractivity contribution is 0.0486. The lowest BCUT2D eigenvalue weighted by Gasteiger charge is -2.10. The smallest absolute Gasteiger partial charge is 0.339 e. The van der Waals surface area contributed by atoms with Gasteiger partial charge in [0, 0.05) is 0 Å². The van der Waals surface area contributed by atoms with Crippen LogP contribution in [0.5, 0.6) is 0 Å². The first kappa shape index (κ1) is 23.1. The molecule has 0 aromatic heterocycles. The zero-order valence-corrected chi connectivity index (χ0v) is 15.9. The van der Waals surface area contributed by atoms with Gasteiger partial charge < -0.3 is 20.1 Å². The first-order valence-corrected chi connectivity index (χ1v) is 9.34. The largest absolute Gasteiger partial charge is 0.478 e. The van der Waals surface area contributed by atoms with Gasteiger partial charge >= 0.3 is 23.9 Å². The molecule has 3 N–H and O–H groups in total. The molecule has 0 unspecified atom stereocenters. The molecule has 8 nitrogen and oxygen atoms in total. The Morgan fingerprint density at radius 3 is 1.54 bits per heavy atom. The number of carboxylic acids is 3. The Bertz CT molecular complexity index is 723. The maximum atomic E-state index is 12.2. The maximum absolute atomic E-state index is 12.2. The van der Waals surface area contributed by atoms with Gasteiger partial charge in [-0.2, -0.15) is 0 Å². The quantitative estimate of drug-likeness (QED) is 0.336. The second-order valence-electron chi connectivity index (χ2n) is 6.47. The van der Waals surface area contributed by atoms with E-state index in [1.807, 2.05) is 0 Å². The van der Waals surface area contributed by atoms with Crippen molar-refractivity contribution in [2.75, 3.05) is 6.61 Å². The van der Waals surface area contributed by atoms with Crippen LogP contribution in [0.15, 0.2) is 12.1 Å². The minimum atomic E-state index is -1.60. The van der Waals surface area contributed by atoms with Crippen LogP contribution in [0.25, 0.3) is 0 Å². The summed E-state index contributed by atoms with van der Waals surface area (Å²) < 4.78 is 5.06. The molecule has 0 fully saturated rings. The molecular formula is C20H26O8. The van der Waals surface area contributed by atoms with E-state index in [1.165, 1.54) is 25.7 Å². The van der Waals surface area contributed by atoms with Crippen LogP contribution in [0.3, 0.4) is 0 Å². The van der Waals surface area contributed by atoms with Gasteiger partial charge in [0.2, 0.25) is 0 Å². The molecule has 0 atom stereocenters. The molecule has 0 heterocycles. The van der Waals surface area contributed by atoms with Gasteiger partial charge in [0.1, 0.15) is 0 Å². The predicted molar refractivity (Wildman–Crippen MR) is 100 cm³/mol. The molecule has 0 radical (unpaired) electrons. The molecule has 0 aliphatic carbocycles. The maximum Gasteiger partial charge on any atom is 0.339 e. The molecule has 154 valence electrons. The second kappa shape index (κ2) is 11.7. The van der Waals surface area contributed by atoms with Crippen molar-refractivity contribution in [3.8, 4) is 0 Å². The Morgan fingerprint density at radius 2 is 1.07 bits per heavy atom. The van der Waals surface area contributed by atoms with E-state index in [0.717, 1.165) is 25.3 Å². The Hall–Kier alpha value is -2.90. The van der Waals surface area contributed by atoms with Crippen LogP contribution in [0, 0.1) is 0 Å². The van der Waals surface area contributed by atoms with Gasteiger partial charge in [0.05, 0.1) is 28.9 Å². The third-order valence-electron chi connectivity index (χ3n) is 4.30. The predicted octanol–water partition coefficient (Wildman–Crippen LogP) is 4.08. The number of esters is 1. The van der Waals surface area contributed by atoms with Gasteiger partial charge in [-0.1, -0.05) is 51.9 Å². The number of unbranched alkanes of at least 4 members (excludes halogenated alkanes) is 7. The first-order chi connectivity index (χ1) is 13.3. The van der Waals surface area contributed by atoms with Crippen molar-refractivity contribution in [1.82, 2.24) is 0 Å². The van der Waals surface area contributed by atoms with Gasteiger partial charge in [-0.25, -0.2) is 19.2 Å². The summed E-state index contributed by atoms with van der Waals surface area (Å²) in [5.74, 6) is -5.71. The van der Waals surface area contributed by atoms with Crippen molar-refractivity contribution in [2.24, 2.45) is 0 Å². The summed E-state index contributed by atoms with van der Waals surface area (Å²) >= 11 is 0. The van der Waals surface area contributed by atoms with E-state index in [2.05, 4.69) is 6.92 Å². The van der Waals surface area contributed by atoms with E-state index in [1.54, 1.807) is 0 Å². The third-order valence-corrected chi connectivity index (χ3v) is 4.30. The molecule has 8 heteroatoms. The molecule has 0 aliphatic rings. The number of carbonyl (C=O) groups is 4. The first-order valence-electron chi connectivity index (χ1n) is 9.34. The number of ether oxygens (including phenoxy) is 1. The lowest BCUT2D eigenvalue weighted by atomic mass is 9.98. The fourth-order valence-corrected chi connectivity index (χ4v) is 2.78. The van der Waals surface area contributed by atoms with Crippen molar-refractivity contribution >= 4 is 23.9 Å². The fourth-order valence-electron chi connectivity index (χ4n) is 2.78. The number of hydrogen-bond acceptors (Lipinski definition) is 5. The molecular weight excluding hydrogens is 368 g/mol. The monoisotopic (exact) mass is 394 g/mol. The summed E-state index contributed by atoms with van der Waals surface area (Å²) in [6.45, 7) is 2.23. The van der Waals surface area contributed by atoms with E-state index in [9.17, 15) is 24.3 Å². The molecule has 1 rings (SSSR count). The van der Waals surface area contributed by atoms with Gasteiger partial charge in [-0.05, 0) is 18.6 Å². The van der Waals surface area contributed by atoms with Crippen LogP contribution in [-0.2, 0) is 4.74 Å². The van der Waals surface area contributed by atoms with Crippen LogP contribution in [0.2, 0.25) is 0 Å². The Labute approximate surface area is 163 Å². The zero-order valence-electron chi connectivity index (χ0n) is 15.9. The molecule has 28 heavy (non-hydrogen) atoms. The van der Waals surface area contributed by atoms with E-state index in [-0.39, 0.29) is 6.61 Å². The highest BCUT2D eigenvalue weighted by molar-refractivity contribution is 6.09. The number of rotatable bonds is 13. The molecule has 0 aliphatic heterocycles. The van der Waals surface area contributed by atoms with E-state index < -0.39 is 46.1 Å². The van der Waals surface area contributed by atoms with Crippen molar-refractivity contribution in [3.63, 3.8) is 0 Å². The Balaban J connectivity index is 2.71. The average molecular weight is 394 g/mol. The summed E-state index contributed by atoms with van der Waals surface area (Å²) in [4.78, 5) is 46.0. The number of carbonyl (C=O) groups excluding carboxylic acids is 1. The minimum absolute atomic E-state index is 0.0793. The van der Waals surface area contributed by atoms with E-state index in [0.29, 0.717) is 12.5 Å². The summed E-state index contributed by atoms with van der Waals surface area (Å²) in [6, 6.07) is 1.41. The molecule has 0 saturated heterocycles. The Morgan fingerprint density at radius 1 is 0.679 bits per heavy atom. The average Bonchev–Trinajstić information content (AvgIpc) is 2.65. The van der Waals surface area contributed by atoms with E-state index >= 15 is 0 Å². The molecule has 0 saturated carbocycles. The van der Waals surface area contributed by atoms with Crippen molar-refractivity contribution < 1.29 is 39.2 Å². The molecule has 0 bridgehead atoms. The van der Waals surface area contributed by atoms with Crippen LogP contribution >= 0.6 is 0 Å². The second-order valence-corrected chi connectivity index (χ2v) is 6.47. The highest BCUT2D eigenvalue weighted by Gasteiger charge is 2.26. The summed E-state index contributed by atoms with van der Waals surface area (Å²) in [5.41, 5.74) is -2.46. The van der Waals surface area contributed by atoms with Crippen molar-refractivity contribution in [3.05, 3.63) is 34.4 Å². The normalized spacial score (nSPS) is 10.5. The minimum Gasteiger partial charge on any atom is -0.478 e. The highest BCUT2D eigenvalue weighted by Crippen LogP contribution is 2.20. The molecule has 1 aromatic carbocycles. The molecule has 0 amide bonds. The number of benzene rings is 1. The summed E-state index contributed by atoms with van der Waals surface area (Å²) in [5, 5.41) is 27.4. The SMILES string of the molecule is CCCCCCCCCCOC(=O)c1cc(C(=O)O)c(C(=O)O)cc1C(=O)O. The molecule has 0 spiro atoms. The van der Waals surface area contributed by atoms with Crippen LogP contribution in [0.4, 0.5) is 0 Å². The van der Waals surface area contributed by atoms with Crippen molar-refractivity contribution in [1.29, 1.82) is 0 Å². The van der Waals surface area contributed by atoms with Gasteiger partial charge in [0.15, 0.2) is 0 Å². The summed E-state index contributed by atoms with van der Waals surface area (Å²) in [7, 11) is 0. The van der Waals surface area contributed by atoms with Crippen LogP contribution in [-0.4, -0.2) is 45.8 Å². The van der Waals surface area contributed by atoms with Crippen LogP contribution < -0.4 is 0 Å². The number of aromatic carboxylic acids is 3. The van der Waals surface area contributed by atoms with Gasteiger partial charge in [0.25, 0.3) is 0 Å². The lowest BCUT2D eigenvalue weighted by Crippen LogP contribution is -2.17. The number of hydrogen-bond donors (Lipinski definition) is 3. The van der Waals surface area contributed by atoms with Gasteiger partial charge in [-0.3, -0.25) is 0 Å². The topological polar surface area (TPSA) is 138 Å². The van der Waals surface area contributed by atoms with Gasteiger partial charge in [-0.15, -0.1) is 0 Å². The fraction of sp³-hybridized carbons (Fsp3) is 0.500.